The van der Waals surface area contributed by atoms with Crippen LogP contribution >= 0.6 is 0 Å². The lowest BCUT2D eigenvalue weighted by Crippen LogP contribution is -1.92. The molecular formula is C11H10N2O5. The van der Waals surface area contributed by atoms with E-state index in [2.05, 4.69) is 14.1 Å². The largest absolute Gasteiger partial charge is 0.542 e. The molecule has 0 amide bonds. The van der Waals surface area contributed by atoms with E-state index in [9.17, 15) is 14.9 Å². The minimum atomic E-state index is -0.805. The van der Waals surface area contributed by atoms with E-state index in [1.165, 1.54) is 12.1 Å². The molecular weight excluding hydrogens is 240 g/mol. The van der Waals surface area contributed by atoms with Crippen molar-refractivity contribution in [2.45, 2.75) is 19.3 Å². The minimum Gasteiger partial charge on any atom is -0.375 e. The molecule has 7 nitrogen and oxygen atoms in total. The van der Waals surface area contributed by atoms with Gasteiger partial charge in [0.2, 0.25) is 5.89 Å². The Bertz CT molecular complexity index is 584. The van der Waals surface area contributed by atoms with Gasteiger partial charge in [0.25, 0.3) is 5.69 Å². The first-order valence-electron chi connectivity index (χ1n) is 5.34. The fourth-order valence-corrected chi connectivity index (χ4v) is 1.55. The van der Waals surface area contributed by atoms with Crippen LogP contribution in [0.3, 0.4) is 0 Å². The number of aromatic nitrogens is 1. The fourth-order valence-electron chi connectivity index (χ4n) is 1.55. The lowest BCUT2D eigenvalue weighted by molar-refractivity contribution is -0.384. The summed E-state index contributed by atoms with van der Waals surface area (Å²) in [6.07, 6.45) is 1.92. The van der Waals surface area contributed by atoms with E-state index in [-0.39, 0.29) is 11.6 Å². The second-order valence-electron chi connectivity index (χ2n) is 3.71. The van der Waals surface area contributed by atoms with Gasteiger partial charge in [0, 0.05) is 18.6 Å². The summed E-state index contributed by atoms with van der Waals surface area (Å²) < 4.78 is 8.91. The van der Waals surface area contributed by atoms with Gasteiger partial charge in [-0.2, -0.15) is 0 Å². The van der Waals surface area contributed by atoms with E-state index in [1.54, 1.807) is 12.1 Å². The van der Waals surface area contributed by atoms with E-state index < -0.39 is 10.7 Å². The van der Waals surface area contributed by atoms with Crippen LogP contribution in [-0.2, 0) is 12.8 Å². The standard InChI is InChI=1S/C11H10N2O5/c14-11-17-10(12-18-11)3-1-2-8-4-6-9(7-5-8)13(15)16/h4-7H,1-3H2. The molecule has 0 radical (unpaired) electrons. The van der Waals surface area contributed by atoms with Crippen molar-refractivity contribution < 1.29 is 13.9 Å². The highest BCUT2D eigenvalue weighted by Crippen LogP contribution is 2.13. The van der Waals surface area contributed by atoms with Crippen LogP contribution in [-0.4, -0.2) is 10.1 Å². The summed E-state index contributed by atoms with van der Waals surface area (Å²) >= 11 is 0. The number of nitro benzene ring substituents is 1. The highest BCUT2D eigenvalue weighted by Gasteiger charge is 2.05. The summed E-state index contributed by atoms with van der Waals surface area (Å²) in [7, 11) is 0. The van der Waals surface area contributed by atoms with Crippen molar-refractivity contribution in [3.8, 4) is 0 Å². The number of non-ortho nitro benzene ring substituents is 1. The van der Waals surface area contributed by atoms with Gasteiger partial charge in [0.1, 0.15) is 0 Å². The molecule has 94 valence electrons. The predicted molar refractivity (Wildman–Crippen MR) is 60.2 cm³/mol. The minimum absolute atomic E-state index is 0.0706. The zero-order chi connectivity index (χ0) is 13.0. The number of nitro groups is 1. The molecule has 0 bridgehead atoms. The Balaban J connectivity index is 1.86. The quantitative estimate of drug-likeness (QED) is 0.591. The van der Waals surface area contributed by atoms with E-state index in [4.69, 9.17) is 0 Å². The SMILES string of the molecule is O=c1onc(CCCc2ccc([N+](=O)[O-])cc2)o1. The first-order valence-corrected chi connectivity index (χ1v) is 5.34. The number of aryl methyl sites for hydroxylation is 2. The summed E-state index contributed by atoms with van der Waals surface area (Å²) in [5.74, 6) is -0.540. The Morgan fingerprint density at radius 1 is 1.22 bits per heavy atom. The van der Waals surface area contributed by atoms with E-state index in [0.29, 0.717) is 19.3 Å². The molecule has 0 aliphatic heterocycles. The average Bonchev–Trinajstić information content (AvgIpc) is 2.76. The van der Waals surface area contributed by atoms with Crippen molar-refractivity contribution in [2.24, 2.45) is 0 Å². The normalized spacial score (nSPS) is 10.4. The van der Waals surface area contributed by atoms with Crippen molar-refractivity contribution in [3.63, 3.8) is 0 Å². The zero-order valence-corrected chi connectivity index (χ0v) is 9.37. The summed E-state index contributed by atoms with van der Waals surface area (Å²) in [5.41, 5.74) is 1.05. The molecule has 1 heterocycles. The fraction of sp³-hybridized carbons (Fsp3) is 0.273. The van der Waals surface area contributed by atoms with E-state index in [0.717, 1.165) is 5.56 Å². The maximum absolute atomic E-state index is 10.6. The zero-order valence-electron chi connectivity index (χ0n) is 9.37. The molecule has 0 fully saturated rings. The molecule has 0 unspecified atom stereocenters. The Morgan fingerprint density at radius 3 is 2.50 bits per heavy atom. The second-order valence-corrected chi connectivity index (χ2v) is 3.71. The van der Waals surface area contributed by atoms with Gasteiger partial charge in [0.15, 0.2) is 0 Å². The first-order chi connectivity index (χ1) is 8.65. The number of hydrogen-bond acceptors (Lipinski definition) is 6. The molecule has 1 aromatic heterocycles. The van der Waals surface area contributed by atoms with Crippen LogP contribution in [0.4, 0.5) is 5.69 Å². The lowest BCUT2D eigenvalue weighted by atomic mass is 10.1. The maximum Gasteiger partial charge on any atom is 0.542 e. The third-order valence-electron chi connectivity index (χ3n) is 2.43. The van der Waals surface area contributed by atoms with Gasteiger partial charge >= 0.3 is 5.82 Å². The van der Waals surface area contributed by atoms with Gasteiger partial charge in [-0.25, -0.2) is 4.79 Å². The van der Waals surface area contributed by atoms with Crippen LogP contribution < -0.4 is 5.82 Å². The number of hydrogen-bond donors (Lipinski definition) is 0. The molecule has 0 spiro atoms. The summed E-state index contributed by atoms with van der Waals surface area (Å²) in [5, 5.41) is 13.9. The molecule has 7 heteroatoms. The molecule has 2 aromatic rings. The maximum atomic E-state index is 10.6. The van der Waals surface area contributed by atoms with Crippen LogP contribution in [0.5, 0.6) is 0 Å². The Morgan fingerprint density at radius 2 is 1.94 bits per heavy atom. The summed E-state index contributed by atoms with van der Waals surface area (Å²) in [4.78, 5) is 20.6. The number of rotatable bonds is 5. The van der Waals surface area contributed by atoms with Gasteiger partial charge in [-0.1, -0.05) is 12.1 Å². The van der Waals surface area contributed by atoms with Gasteiger partial charge in [0.05, 0.1) is 4.92 Å². The van der Waals surface area contributed by atoms with E-state index in [1.807, 2.05) is 0 Å². The van der Waals surface area contributed by atoms with Crippen molar-refractivity contribution in [1.29, 1.82) is 0 Å². The Hall–Kier alpha value is -2.44. The molecule has 0 saturated carbocycles. The monoisotopic (exact) mass is 250 g/mol. The van der Waals surface area contributed by atoms with Crippen molar-refractivity contribution in [1.82, 2.24) is 5.16 Å². The van der Waals surface area contributed by atoms with Crippen LogP contribution in [0, 0.1) is 10.1 Å². The Kier molecular flexibility index (Phi) is 3.52. The van der Waals surface area contributed by atoms with E-state index >= 15 is 0 Å². The molecule has 18 heavy (non-hydrogen) atoms. The smallest absolute Gasteiger partial charge is 0.375 e. The molecule has 0 N–H and O–H groups in total. The van der Waals surface area contributed by atoms with Gasteiger partial charge in [-0.3, -0.25) is 14.6 Å². The van der Waals surface area contributed by atoms with Crippen molar-refractivity contribution in [2.75, 3.05) is 0 Å². The number of benzene rings is 1. The van der Waals surface area contributed by atoms with Crippen molar-refractivity contribution in [3.05, 3.63) is 56.5 Å². The third kappa shape index (κ3) is 3.03. The molecule has 1 aromatic carbocycles. The number of nitrogens with zero attached hydrogens (tertiary/aromatic N) is 2. The molecule has 0 aliphatic rings. The second kappa shape index (κ2) is 5.26. The third-order valence-corrected chi connectivity index (χ3v) is 2.43. The highest BCUT2D eigenvalue weighted by molar-refractivity contribution is 5.32. The van der Waals surface area contributed by atoms with Crippen molar-refractivity contribution >= 4 is 5.69 Å². The summed E-state index contributed by atoms with van der Waals surface area (Å²) in [6.45, 7) is 0. The van der Waals surface area contributed by atoms with Crippen LogP contribution in [0.1, 0.15) is 17.9 Å². The summed E-state index contributed by atoms with van der Waals surface area (Å²) in [6, 6.07) is 6.34. The topological polar surface area (TPSA) is 99.4 Å². The average molecular weight is 250 g/mol. The highest BCUT2D eigenvalue weighted by atomic mass is 16.6. The van der Waals surface area contributed by atoms with Gasteiger partial charge in [-0.15, -0.1) is 0 Å². The molecule has 0 aliphatic carbocycles. The predicted octanol–water partition coefficient (Wildman–Crippen LogP) is 1.71. The van der Waals surface area contributed by atoms with Gasteiger partial charge < -0.3 is 4.42 Å². The molecule has 0 atom stereocenters. The first kappa shape index (κ1) is 12.0. The molecule has 2 rings (SSSR count). The van der Waals surface area contributed by atoms with Crippen LogP contribution in [0.25, 0.3) is 0 Å². The Labute approximate surface area is 101 Å². The molecule has 0 saturated heterocycles. The van der Waals surface area contributed by atoms with Gasteiger partial charge in [-0.05, 0) is 23.6 Å². The van der Waals surface area contributed by atoms with Crippen LogP contribution in [0.15, 0.2) is 38.0 Å². The van der Waals surface area contributed by atoms with Crippen LogP contribution in [0.2, 0.25) is 0 Å². The lowest BCUT2D eigenvalue weighted by Gasteiger charge is -1.98.